The molecular formula is C12H10IN2O3-. The van der Waals surface area contributed by atoms with Gasteiger partial charge in [-0.2, -0.15) is 0 Å². The molecule has 1 aromatic heterocycles. The summed E-state index contributed by atoms with van der Waals surface area (Å²) in [7, 11) is 0. The highest BCUT2D eigenvalue weighted by Crippen LogP contribution is 2.19. The normalized spacial score (nSPS) is 10.4. The first-order valence-corrected chi connectivity index (χ1v) is 6.23. The molecule has 0 radical (unpaired) electrons. The molecular weight excluding hydrogens is 347 g/mol. The number of rotatable bonds is 2. The van der Waals surface area contributed by atoms with Crippen LogP contribution in [0.5, 0.6) is 0 Å². The van der Waals surface area contributed by atoms with Crippen molar-refractivity contribution >= 4 is 28.3 Å². The third-order valence-corrected chi connectivity index (χ3v) is 3.38. The Hall–Kier alpha value is -1.38. The van der Waals surface area contributed by atoms with Gasteiger partial charge in [-0.15, -0.1) is 0 Å². The fourth-order valence-corrected chi connectivity index (χ4v) is 2.15. The maximum Gasteiger partial charge on any atom is 0.268 e. The first-order chi connectivity index (χ1) is 8.50. The first kappa shape index (κ1) is 13.1. The third kappa shape index (κ3) is 2.40. The second-order valence-corrected chi connectivity index (χ2v) is 4.94. The second kappa shape index (κ2) is 5.09. The van der Waals surface area contributed by atoms with Crippen molar-refractivity contribution in [1.82, 2.24) is 4.57 Å². The molecule has 94 valence electrons. The van der Waals surface area contributed by atoms with E-state index < -0.39 is 0 Å². The van der Waals surface area contributed by atoms with E-state index in [2.05, 4.69) is 0 Å². The van der Waals surface area contributed by atoms with Crippen LogP contribution in [-0.4, -0.2) is 9.77 Å². The van der Waals surface area contributed by atoms with E-state index >= 15 is 0 Å². The van der Waals surface area contributed by atoms with Crippen LogP contribution in [0.4, 0.5) is 5.69 Å². The zero-order valence-corrected chi connectivity index (χ0v) is 11.7. The van der Waals surface area contributed by atoms with Crippen LogP contribution in [0.1, 0.15) is 5.56 Å². The minimum atomic E-state index is -0.200. The topological polar surface area (TPSA) is 68.5 Å². The molecule has 2 aromatic rings. The minimum absolute atomic E-state index is 0.114. The van der Waals surface area contributed by atoms with E-state index in [0.29, 0.717) is 9.26 Å². The molecule has 1 aromatic carbocycles. The molecule has 0 saturated heterocycles. The van der Waals surface area contributed by atoms with E-state index in [1.165, 1.54) is 16.7 Å². The molecule has 0 aliphatic carbocycles. The lowest BCUT2D eigenvalue weighted by Crippen LogP contribution is -2.20. The van der Waals surface area contributed by atoms with Crippen LogP contribution >= 0.6 is 22.6 Å². The summed E-state index contributed by atoms with van der Waals surface area (Å²) < 4.78 is 2.12. The maximum absolute atomic E-state index is 12.0. The number of anilines is 1. The molecule has 0 bridgehead atoms. The van der Waals surface area contributed by atoms with Crippen molar-refractivity contribution in [1.29, 1.82) is 0 Å². The fraction of sp³-hybridized carbons (Fsp3) is 0.0833. The Morgan fingerprint density at radius 1 is 1.39 bits per heavy atom. The number of aromatic nitrogens is 1. The van der Waals surface area contributed by atoms with Gasteiger partial charge in [-0.05, 0) is 65.4 Å². The number of halogens is 1. The van der Waals surface area contributed by atoms with Crippen molar-refractivity contribution in [3.8, 4) is 5.69 Å². The second-order valence-electron chi connectivity index (χ2n) is 3.78. The van der Waals surface area contributed by atoms with Gasteiger partial charge in [-0.1, -0.05) is 0 Å². The summed E-state index contributed by atoms with van der Waals surface area (Å²) in [6.45, 7) is 1.77. The number of hydrogen-bond acceptors (Lipinski definition) is 4. The van der Waals surface area contributed by atoms with E-state index in [9.17, 15) is 10.0 Å². The monoisotopic (exact) mass is 357 g/mol. The zero-order chi connectivity index (χ0) is 13.3. The predicted octanol–water partition coefficient (Wildman–Crippen LogP) is 2.44. The molecule has 0 unspecified atom stereocenters. The Balaban J connectivity index is 2.59. The van der Waals surface area contributed by atoms with Crippen LogP contribution in [0, 0.1) is 15.7 Å². The Labute approximate surface area is 117 Å². The summed E-state index contributed by atoms with van der Waals surface area (Å²) in [5.41, 5.74) is 1.43. The van der Waals surface area contributed by atoms with Crippen molar-refractivity contribution in [3.05, 3.63) is 61.2 Å². The van der Waals surface area contributed by atoms with E-state index in [1.54, 1.807) is 31.3 Å². The van der Waals surface area contributed by atoms with Crippen molar-refractivity contribution in [2.45, 2.75) is 6.92 Å². The molecule has 6 heteroatoms. The summed E-state index contributed by atoms with van der Waals surface area (Å²) in [5, 5.41) is 19.4. The van der Waals surface area contributed by atoms with Gasteiger partial charge in [0.15, 0.2) is 0 Å². The zero-order valence-electron chi connectivity index (χ0n) is 9.50. The summed E-state index contributed by atoms with van der Waals surface area (Å²) >= 11 is 1.97. The van der Waals surface area contributed by atoms with Gasteiger partial charge in [0.05, 0.1) is 14.9 Å². The predicted molar refractivity (Wildman–Crippen MR) is 77.1 cm³/mol. The Bertz CT molecular complexity index is 637. The van der Waals surface area contributed by atoms with Crippen LogP contribution in [0.25, 0.3) is 5.69 Å². The number of aryl methyl sites for hydroxylation is 1. The van der Waals surface area contributed by atoms with Crippen LogP contribution in [0.2, 0.25) is 0 Å². The maximum atomic E-state index is 12.0. The van der Waals surface area contributed by atoms with E-state index in [0.717, 1.165) is 5.56 Å². The van der Waals surface area contributed by atoms with Gasteiger partial charge in [-0.25, -0.2) is 0 Å². The van der Waals surface area contributed by atoms with E-state index in [-0.39, 0.29) is 16.5 Å². The standard InChI is InChI=1S/C12H10IN2O3/c1-8-7-9(15(17)18)4-5-11(8)14-6-2-3-10(13)12(14)16/h2-7,17H,1H3/q-1. The lowest BCUT2D eigenvalue weighted by atomic mass is 10.1. The van der Waals surface area contributed by atoms with Crippen molar-refractivity contribution in [3.63, 3.8) is 0 Å². The third-order valence-electron chi connectivity index (χ3n) is 2.56. The Morgan fingerprint density at radius 2 is 2.11 bits per heavy atom. The van der Waals surface area contributed by atoms with Crippen LogP contribution in [-0.2, 0) is 0 Å². The lowest BCUT2D eigenvalue weighted by Gasteiger charge is -2.22. The molecule has 5 nitrogen and oxygen atoms in total. The van der Waals surface area contributed by atoms with Crippen LogP contribution < -0.4 is 10.8 Å². The van der Waals surface area contributed by atoms with Gasteiger partial charge in [0.2, 0.25) is 0 Å². The Kier molecular flexibility index (Phi) is 3.69. The van der Waals surface area contributed by atoms with Crippen LogP contribution in [0.3, 0.4) is 0 Å². The van der Waals surface area contributed by atoms with Gasteiger partial charge in [0.25, 0.3) is 5.56 Å². The molecule has 0 amide bonds. The van der Waals surface area contributed by atoms with E-state index in [1.807, 2.05) is 22.6 Å². The SMILES string of the molecule is Cc1cc(N([O-])O)ccc1-n1cccc(I)c1=O. The summed E-state index contributed by atoms with van der Waals surface area (Å²) in [6, 6.07) is 8.12. The van der Waals surface area contributed by atoms with Crippen molar-refractivity contribution < 1.29 is 5.21 Å². The fourth-order valence-electron chi connectivity index (χ4n) is 1.69. The smallest absolute Gasteiger partial charge is 0.268 e. The highest BCUT2D eigenvalue weighted by atomic mass is 127. The van der Waals surface area contributed by atoms with Gasteiger partial charge < -0.3 is 10.4 Å². The van der Waals surface area contributed by atoms with Gasteiger partial charge >= 0.3 is 0 Å². The molecule has 0 saturated carbocycles. The van der Waals surface area contributed by atoms with Gasteiger partial charge in [-0.3, -0.25) is 14.6 Å². The molecule has 0 fully saturated rings. The summed E-state index contributed by atoms with van der Waals surface area (Å²) in [4.78, 5) is 12.0. The number of pyridine rings is 1. The van der Waals surface area contributed by atoms with Crippen molar-refractivity contribution in [2.75, 3.05) is 5.23 Å². The molecule has 18 heavy (non-hydrogen) atoms. The molecule has 1 N–H and O–H groups in total. The summed E-state index contributed by atoms with van der Waals surface area (Å²) in [6.07, 6.45) is 1.67. The number of hydrogen-bond donors (Lipinski definition) is 1. The highest BCUT2D eigenvalue weighted by molar-refractivity contribution is 14.1. The molecule has 2 rings (SSSR count). The molecule has 0 spiro atoms. The number of nitrogens with zero attached hydrogens (tertiary/aromatic N) is 2. The average molecular weight is 357 g/mol. The van der Waals surface area contributed by atoms with Gasteiger partial charge in [0.1, 0.15) is 0 Å². The number of benzene rings is 1. The Morgan fingerprint density at radius 3 is 2.72 bits per heavy atom. The molecule has 0 aliphatic rings. The molecule has 0 atom stereocenters. The largest absolute Gasteiger partial charge is 0.733 e. The van der Waals surface area contributed by atoms with Crippen molar-refractivity contribution in [2.24, 2.45) is 0 Å². The highest BCUT2D eigenvalue weighted by Gasteiger charge is 2.06. The average Bonchev–Trinajstić information content (AvgIpc) is 2.33. The van der Waals surface area contributed by atoms with Gasteiger partial charge in [0, 0.05) is 6.20 Å². The first-order valence-electron chi connectivity index (χ1n) is 5.15. The summed E-state index contributed by atoms with van der Waals surface area (Å²) in [5.74, 6) is 0. The van der Waals surface area contributed by atoms with Crippen LogP contribution in [0.15, 0.2) is 41.3 Å². The quantitative estimate of drug-likeness (QED) is 0.662. The minimum Gasteiger partial charge on any atom is -0.733 e. The van der Waals surface area contributed by atoms with E-state index in [4.69, 9.17) is 5.21 Å². The lowest BCUT2D eigenvalue weighted by molar-refractivity contribution is 0.296. The molecule has 1 heterocycles. The molecule has 0 aliphatic heterocycles.